The third-order valence-corrected chi connectivity index (χ3v) is 5.04. The van der Waals surface area contributed by atoms with Gasteiger partial charge in [0.15, 0.2) is 0 Å². The van der Waals surface area contributed by atoms with E-state index in [1.165, 1.54) is 11.1 Å². The summed E-state index contributed by atoms with van der Waals surface area (Å²) in [5.41, 5.74) is 4.19. The van der Waals surface area contributed by atoms with Crippen LogP contribution >= 0.6 is 0 Å². The number of fused-ring (bicyclic) bond motifs is 1. The van der Waals surface area contributed by atoms with Crippen molar-refractivity contribution in [3.63, 3.8) is 0 Å². The van der Waals surface area contributed by atoms with E-state index < -0.39 is 0 Å². The molecule has 6 nitrogen and oxygen atoms in total. The first-order valence-corrected chi connectivity index (χ1v) is 8.87. The summed E-state index contributed by atoms with van der Waals surface area (Å²) in [5, 5.41) is 4.27. The van der Waals surface area contributed by atoms with E-state index in [4.69, 9.17) is 4.74 Å². The molecule has 6 heteroatoms. The molecule has 2 aliphatic rings. The van der Waals surface area contributed by atoms with Crippen LogP contribution in [0.25, 0.3) is 0 Å². The van der Waals surface area contributed by atoms with Crippen LogP contribution in [0.5, 0.6) is 5.75 Å². The molecule has 0 bridgehead atoms. The SMILES string of the molecule is Cc1cc(C(=O)N2CCN(Cc3ccc4c(c3)CCO4)CC2)n(C)n1. The number of piperazine rings is 1. The van der Waals surface area contributed by atoms with Crippen molar-refractivity contribution in [2.75, 3.05) is 32.8 Å². The van der Waals surface area contributed by atoms with E-state index in [0.717, 1.165) is 57.2 Å². The highest BCUT2D eigenvalue weighted by Gasteiger charge is 2.24. The molecule has 2 aromatic rings. The van der Waals surface area contributed by atoms with Crippen LogP contribution in [0.2, 0.25) is 0 Å². The first-order valence-electron chi connectivity index (χ1n) is 8.87. The number of carbonyl (C=O) groups is 1. The average Bonchev–Trinajstić information content (AvgIpc) is 3.20. The molecule has 1 amide bonds. The number of nitrogens with zero attached hydrogens (tertiary/aromatic N) is 4. The van der Waals surface area contributed by atoms with Gasteiger partial charge in [-0.1, -0.05) is 12.1 Å². The molecule has 0 N–H and O–H groups in total. The number of hydrogen-bond donors (Lipinski definition) is 0. The van der Waals surface area contributed by atoms with Crippen molar-refractivity contribution in [1.29, 1.82) is 0 Å². The number of hydrogen-bond acceptors (Lipinski definition) is 4. The van der Waals surface area contributed by atoms with Crippen LogP contribution in [0.15, 0.2) is 24.3 Å². The summed E-state index contributed by atoms with van der Waals surface area (Å²) in [5.74, 6) is 1.11. The van der Waals surface area contributed by atoms with Gasteiger partial charge in [0.2, 0.25) is 0 Å². The van der Waals surface area contributed by atoms with E-state index in [1.807, 2.05) is 24.9 Å². The van der Waals surface area contributed by atoms with Gasteiger partial charge in [-0.3, -0.25) is 14.4 Å². The quantitative estimate of drug-likeness (QED) is 0.852. The first-order chi connectivity index (χ1) is 12.1. The van der Waals surface area contributed by atoms with Gasteiger partial charge in [0, 0.05) is 46.2 Å². The molecular weight excluding hydrogens is 316 g/mol. The second-order valence-corrected chi connectivity index (χ2v) is 6.90. The van der Waals surface area contributed by atoms with E-state index in [1.54, 1.807) is 4.68 Å². The zero-order valence-corrected chi connectivity index (χ0v) is 14.9. The van der Waals surface area contributed by atoms with E-state index >= 15 is 0 Å². The molecule has 1 saturated heterocycles. The molecule has 0 aliphatic carbocycles. The van der Waals surface area contributed by atoms with E-state index in [9.17, 15) is 4.79 Å². The van der Waals surface area contributed by atoms with Gasteiger partial charge in [0.05, 0.1) is 12.3 Å². The molecule has 0 unspecified atom stereocenters. The summed E-state index contributed by atoms with van der Waals surface area (Å²) < 4.78 is 7.25. The maximum atomic E-state index is 12.7. The van der Waals surface area contributed by atoms with Crippen molar-refractivity contribution in [3.05, 3.63) is 46.8 Å². The predicted molar refractivity (Wildman–Crippen MR) is 94.8 cm³/mol. The first kappa shape index (κ1) is 16.1. The molecular formula is C19H24N4O2. The summed E-state index contributed by atoms with van der Waals surface area (Å²) in [6.45, 7) is 6.96. The highest BCUT2D eigenvalue weighted by molar-refractivity contribution is 5.92. The van der Waals surface area contributed by atoms with Crippen LogP contribution in [0.3, 0.4) is 0 Å². The van der Waals surface area contributed by atoms with Crippen molar-refractivity contribution >= 4 is 5.91 Å². The number of aromatic nitrogens is 2. The number of aryl methyl sites for hydroxylation is 2. The number of carbonyl (C=O) groups excluding carboxylic acids is 1. The zero-order chi connectivity index (χ0) is 17.4. The molecule has 25 heavy (non-hydrogen) atoms. The van der Waals surface area contributed by atoms with E-state index in [2.05, 4.69) is 28.2 Å². The van der Waals surface area contributed by atoms with Crippen molar-refractivity contribution in [3.8, 4) is 5.75 Å². The molecule has 0 atom stereocenters. The maximum absolute atomic E-state index is 12.7. The molecule has 0 spiro atoms. The Morgan fingerprint density at radius 3 is 2.72 bits per heavy atom. The molecule has 0 saturated carbocycles. The highest BCUT2D eigenvalue weighted by Crippen LogP contribution is 2.26. The Morgan fingerprint density at radius 2 is 2.00 bits per heavy atom. The third-order valence-electron chi connectivity index (χ3n) is 5.04. The number of amides is 1. The van der Waals surface area contributed by atoms with Crippen molar-refractivity contribution in [2.24, 2.45) is 7.05 Å². The van der Waals surface area contributed by atoms with Gasteiger partial charge in [-0.25, -0.2) is 0 Å². The predicted octanol–water partition coefficient (Wildman–Crippen LogP) is 1.62. The van der Waals surface area contributed by atoms with Crippen LogP contribution in [0, 0.1) is 6.92 Å². The largest absolute Gasteiger partial charge is 0.493 e. The molecule has 1 aromatic heterocycles. The van der Waals surface area contributed by atoms with Gasteiger partial charge in [-0.05, 0) is 30.2 Å². The summed E-state index contributed by atoms with van der Waals surface area (Å²) in [6, 6.07) is 8.36. The molecule has 2 aliphatic heterocycles. The van der Waals surface area contributed by atoms with Crippen molar-refractivity contribution < 1.29 is 9.53 Å². The summed E-state index contributed by atoms with van der Waals surface area (Å²) in [4.78, 5) is 17.0. The normalized spacial score (nSPS) is 17.4. The molecule has 4 rings (SSSR count). The lowest BCUT2D eigenvalue weighted by Crippen LogP contribution is -2.48. The molecule has 3 heterocycles. The fourth-order valence-corrected chi connectivity index (χ4v) is 3.68. The van der Waals surface area contributed by atoms with Gasteiger partial charge in [-0.15, -0.1) is 0 Å². The zero-order valence-electron chi connectivity index (χ0n) is 14.9. The minimum atomic E-state index is 0.0810. The minimum Gasteiger partial charge on any atom is -0.493 e. The number of benzene rings is 1. The molecule has 132 valence electrons. The molecule has 1 aromatic carbocycles. The summed E-state index contributed by atoms with van der Waals surface area (Å²) in [6.07, 6.45) is 1.01. The van der Waals surface area contributed by atoms with Gasteiger partial charge in [0.1, 0.15) is 11.4 Å². The summed E-state index contributed by atoms with van der Waals surface area (Å²) >= 11 is 0. The average molecular weight is 340 g/mol. The second-order valence-electron chi connectivity index (χ2n) is 6.90. The van der Waals surface area contributed by atoms with Crippen LogP contribution in [0.1, 0.15) is 27.3 Å². The smallest absolute Gasteiger partial charge is 0.272 e. The van der Waals surface area contributed by atoms with Crippen LogP contribution in [-0.2, 0) is 20.0 Å². The van der Waals surface area contributed by atoms with Gasteiger partial charge >= 0.3 is 0 Å². The Balaban J connectivity index is 1.35. The Labute approximate surface area is 148 Å². The van der Waals surface area contributed by atoms with Crippen LogP contribution < -0.4 is 4.74 Å². The fourth-order valence-electron chi connectivity index (χ4n) is 3.68. The van der Waals surface area contributed by atoms with Crippen molar-refractivity contribution in [2.45, 2.75) is 19.9 Å². The van der Waals surface area contributed by atoms with Gasteiger partial charge in [0.25, 0.3) is 5.91 Å². The Hall–Kier alpha value is -2.34. The van der Waals surface area contributed by atoms with E-state index in [0.29, 0.717) is 5.69 Å². The lowest BCUT2D eigenvalue weighted by Gasteiger charge is -2.34. The fraction of sp³-hybridized carbons (Fsp3) is 0.474. The summed E-state index contributed by atoms with van der Waals surface area (Å²) in [7, 11) is 1.83. The Bertz CT molecular complexity index is 791. The Kier molecular flexibility index (Phi) is 4.21. The van der Waals surface area contributed by atoms with Crippen LogP contribution in [-0.4, -0.2) is 58.3 Å². The minimum absolute atomic E-state index is 0.0810. The Morgan fingerprint density at radius 1 is 1.20 bits per heavy atom. The van der Waals surface area contributed by atoms with E-state index in [-0.39, 0.29) is 5.91 Å². The molecule has 0 radical (unpaired) electrons. The number of rotatable bonds is 3. The van der Waals surface area contributed by atoms with Gasteiger partial charge < -0.3 is 9.64 Å². The van der Waals surface area contributed by atoms with Crippen molar-refractivity contribution in [1.82, 2.24) is 19.6 Å². The third kappa shape index (κ3) is 3.26. The van der Waals surface area contributed by atoms with Gasteiger partial charge in [-0.2, -0.15) is 5.10 Å². The molecule has 1 fully saturated rings. The second kappa shape index (κ2) is 6.52. The lowest BCUT2D eigenvalue weighted by molar-refractivity contribution is 0.0617. The standard InChI is InChI=1S/C19H24N4O2/c1-14-11-17(21(2)20-14)19(24)23-8-6-22(7-9-23)13-15-3-4-18-16(12-15)5-10-25-18/h3-4,11-12H,5-10,13H2,1-2H3. The lowest BCUT2D eigenvalue weighted by atomic mass is 10.1. The number of ether oxygens (including phenoxy) is 1. The monoisotopic (exact) mass is 340 g/mol. The van der Waals surface area contributed by atoms with Crippen LogP contribution in [0.4, 0.5) is 0 Å². The highest BCUT2D eigenvalue weighted by atomic mass is 16.5. The topological polar surface area (TPSA) is 50.6 Å². The maximum Gasteiger partial charge on any atom is 0.272 e.